The van der Waals surface area contributed by atoms with Crippen LogP contribution >= 0.6 is 0 Å². The van der Waals surface area contributed by atoms with Gasteiger partial charge < -0.3 is 4.42 Å². The molecule has 0 unspecified atom stereocenters. The molecule has 0 saturated heterocycles. The highest BCUT2D eigenvalue weighted by molar-refractivity contribution is 7.90. The first-order chi connectivity index (χ1) is 11.1. The molecule has 2 aromatic rings. The number of aromatic nitrogens is 2. The Morgan fingerprint density at radius 1 is 1.35 bits per heavy atom. The molecule has 4 rings (SSSR count). The van der Waals surface area contributed by atoms with Gasteiger partial charge in [-0.3, -0.25) is 9.58 Å². The summed E-state index contributed by atoms with van der Waals surface area (Å²) in [5.74, 6) is 0.912. The fourth-order valence-electron chi connectivity index (χ4n) is 3.07. The van der Waals surface area contributed by atoms with Crippen LogP contribution in [0.3, 0.4) is 0 Å². The van der Waals surface area contributed by atoms with E-state index >= 15 is 0 Å². The summed E-state index contributed by atoms with van der Waals surface area (Å²) in [7, 11) is -3.17. The Balaban J connectivity index is 1.47. The van der Waals surface area contributed by atoms with Crippen molar-refractivity contribution in [3.8, 4) is 0 Å². The number of sulfonamides is 1. The van der Waals surface area contributed by atoms with Crippen LogP contribution < -0.4 is 4.72 Å². The normalized spacial score (nSPS) is 22.2. The number of furan rings is 1. The van der Waals surface area contributed by atoms with Gasteiger partial charge in [-0.25, -0.2) is 13.1 Å². The quantitative estimate of drug-likeness (QED) is 0.855. The van der Waals surface area contributed by atoms with Gasteiger partial charge in [0, 0.05) is 25.8 Å². The van der Waals surface area contributed by atoms with Crippen LogP contribution in [0.1, 0.15) is 30.3 Å². The monoisotopic (exact) mass is 336 g/mol. The van der Waals surface area contributed by atoms with Crippen molar-refractivity contribution in [3.05, 3.63) is 42.1 Å². The number of hydrogen-bond acceptors (Lipinski definition) is 5. The molecule has 1 saturated carbocycles. The topological polar surface area (TPSA) is 80.4 Å². The van der Waals surface area contributed by atoms with Gasteiger partial charge in [-0.15, -0.1) is 0 Å². The Morgan fingerprint density at radius 2 is 2.22 bits per heavy atom. The summed E-state index contributed by atoms with van der Waals surface area (Å²) in [6.45, 7) is 2.61. The smallest absolute Gasteiger partial charge is 0.214 e. The highest BCUT2D eigenvalue weighted by Gasteiger charge is 2.36. The average Bonchev–Trinajstić information content (AvgIpc) is 3.08. The Kier molecular flexibility index (Phi) is 3.74. The first kappa shape index (κ1) is 14.9. The highest BCUT2D eigenvalue weighted by atomic mass is 32.2. The van der Waals surface area contributed by atoms with Crippen molar-refractivity contribution in [1.29, 1.82) is 0 Å². The molecule has 0 radical (unpaired) electrons. The molecule has 0 amide bonds. The van der Waals surface area contributed by atoms with Gasteiger partial charge in [0.1, 0.15) is 5.76 Å². The van der Waals surface area contributed by atoms with Gasteiger partial charge in [-0.1, -0.05) is 0 Å². The van der Waals surface area contributed by atoms with E-state index in [1.807, 2.05) is 22.9 Å². The lowest BCUT2D eigenvalue weighted by Crippen LogP contribution is -2.43. The molecular weight excluding hydrogens is 316 g/mol. The van der Waals surface area contributed by atoms with E-state index in [4.69, 9.17) is 4.42 Å². The van der Waals surface area contributed by atoms with Crippen molar-refractivity contribution in [2.45, 2.75) is 37.2 Å². The number of rotatable bonds is 6. The van der Waals surface area contributed by atoms with Crippen molar-refractivity contribution in [2.24, 2.45) is 0 Å². The maximum absolute atomic E-state index is 12.1. The van der Waals surface area contributed by atoms with Crippen molar-refractivity contribution in [1.82, 2.24) is 19.4 Å². The van der Waals surface area contributed by atoms with E-state index < -0.39 is 10.0 Å². The average molecular weight is 336 g/mol. The number of hydrogen-bond donors (Lipinski definition) is 1. The zero-order valence-corrected chi connectivity index (χ0v) is 13.6. The van der Waals surface area contributed by atoms with Crippen molar-refractivity contribution in [3.63, 3.8) is 0 Å². The summed E-state index contributed by atoms with van der Waals surface area (Å²) >= 11 is 0. The minimum atomic E-state index is -3.17. The van der Waals surface area contributed by atoms with Gasteiger partial charge in [0.25, 0.3) is 0 Å². The van der Waals surface area contributed by atoms with Crippen LogP contribution in [0.2, 0.25) is 0 Å². The minimum Gasteiger partial charge on any atom is -0.468 e. The standard InChI is InChI=1S/C15H20N4O3S/c20-23(21,15-3-4-15)17-8-13-10-18(11-14-2-1-7-22-14)9-12-5-6-16-19(12)13/h1-2,5-7,13,15,17H,3-4,8-11H2/t13-/m0/s1. The largest absolute Gasteiger partial charge is 0.468 e. The molecule has 1 aliphatic carbocycles. The number of fused-ring (bicyclic) bond motifs is 1. The van der Waals surface area contributed by atoms with E-state index in [-0.39, 0.29) is 11.3 Å². The molecule has 23 heavy (non-hydrogen) atoms. The van der Waals surface area contributed by atoms with Crippen LogP contribution in [0.5, 0.6) is 0 Å². The van der Waals surface area contributed by atoms with Crippen molar-refractivity contribution in [2.75, 3.05) is 13.1 Å². The second-order valence-electron chi connectivity index (χ2n) is 6.26. The molecule has 1 atom stereocenters. The molecule has 124 valence electrons. The predicted octanol–water partition coefficient (Wildman–Crippen LogP) is 1.11. The lowest BCUT2D eigenvalue weighted by atomic mass is 10.2. The predicted molar refractivity (Wildman–Crippen MR) is 84.0 cm³/mol. The van der Waals surface area contributed by atoms with E-state index in [1.165, 1.54) is 0 Å². The zero-order chi connectivity index (χ0) is 15.9. The molecule has 7 nitrogen and oxygen atoms in total. The molecule has 1 aliphatic heterocycles. The number of nitrogens with zero attached hydrogens (tertiary/aromatic N) is 3. The molecule has 8 heteroatoms. The fourth-order valence-corrected chi connectivity index (χ4v) is 4.48. The molecule has 0 spiro atoms. The van der Waals surface area contributed by atoms with Gasteiger partial charge in [-0.2, -0.15) is 5.10 Å². The molecular formula is C15H20N4O3S. The van der Waals surface area contributed by atoms with E-state index in [1.54, 1.807) is 12.5 Å². The molecule has 2 aliphatic rings. The lowest BCUT2D eigenvalue weighted by molar-refractivity contribution is 0.157. The Bertz CT molecular complexity index is 765. The van der Waals surface area contributed by atoms with E-state index in [0.717, 1.165) is 37.4 Å². The lowest BCUT2D eigenvalue weighted by Gasteiger charge is -2.33. The first-order valence-corrected chi connectivity index (χ1v) is 9.42. The van der Waals surface area contributed by atoms with Gasteiger partial charge in [0.2, 0.25) is 10.0 Å². The van der Waals surface area contributed by atoms with Gasteiger partial charge in [0.15, 0.2) is 0 Å². The minimum absolute atomic E-state index is 0.00256. The van der Waals surface area contributed by atoms with Gasteiger partial charge in [-0.05, 0) is 31.0 Å². The third kappa shape index (κ3) is 3.19. The molecule has 0 bridgehead atoms. The summed E-state index contributed by atoms with van der Waals surface area (Å²) in [5, 5.41) is 4.17. The second-order valence-corrected chi connectivity index (χ2v) is 8.31. The van der Waals surface area contributed by atoms with E-state index in [2.05, 4.69) is 14.7 Å². The summed E-state index contributed by atoms with van der Waals surface area (Å²) in [6.07, 6.45) is 4.99. The zero-order valence-electron chi connectivity index (χ0n) is 12.8. The number of nitrogens with one attached hydrogen (secondary N) is 1. The van der Waals surface area contributed by atoms with E-state index in [9.17, 15) is 8.42 Å². The van der Waals surface area contributed by atoms with E-state index in [0.29, 0.717) is 13.1 Å². The van der Waals surface area contributed by atoms with Crippen LogP contribution in [0, 0.1) is 0 Å². The molecule has 0 aromatic carbocycles. The van der Waals surface area contributed by atoms with Crippen molar-refractivity contribution >= 4 is 10.0 Å². The third-order valence-electron chi connectivity index (χ3n) is 4.40. The van der Waals surface area contributed by atoms with Crippen LogP contribution in [-0.2, 0) is 23.1 Å². The van der Waals surface area contributed by atoms with Crippen LogP contribution in [-0.4, -0.2) is 41.4 Å². The molecule has 1 N–H and O–H groups in total. The fraction of sp³-hybridized carbons (Fsp3) is 0.533. The highest BCUT2D eigenvalue weighted by Crippen LogP contribution is 2.28. The second kappa shape index (κ2) is 5.77. The third-order valence-corrected chi connectivity index (χ3v) is 6.31. The van der Waals surface area contributed by atoms with Crippen LogP contribution in [0.4, 0.5) is 0 Å². The van der Waals surface area contributed by atoms with Crippen molar-refractivity contribution < 1.29 is 12.8 Å². The Labute approximate surface area is 135 Å². The maximum Gasteiger partial charge on any atom is 0.214 e. The van der Waals surface area contributed by atoms with Crippen LogP contribution in [0.25, 0.3) is 0 Å². The van der Waals surface area contributed by atoms with Gasteiger partial charge in [0.05, 0.1) is 29.8 Å². The summed E-state index contributed by atoms with van der Waals surface area (Å²) in [4.78, 5) is 2.26. The summed E-state index contributed by atoms with van der Waals surface area (Å²) < 4.78 is 34.2. The SMILES string of the molecule is O=S(=O)(NC[C@H]1CN(Cc2ccco2)Cc2ccnn21)C1CC1. The first-order valence-electron chi connectivity index (χ1n) is 7.87. The Hall–Kier alpha value is -1.64. The molecule has 2 aromatic heterocycles. The van der Waals surface area contributed by atoms with Gasteiger partial charge >= 0.3 is 0 Å². The molecule has 1 fully saturated rings. The summed E-state index contributed by atoms with van der Waals surface area (Å²) in [5.41, 5.74) is 1.10. The Morgan fingerprint density at radius 3 is 2.96 bits per heavy atom. The molecule has 3 heterocycles. The maximum atomic E-state index is 12.1. The van der Waals surface area contributed by atoms with Crippen LogP contribution in [0.15, 0.2) is 35.1 Å². The summed E-state index contributed by atoms with van der Waals surface area (Å²) in [6, 6.07) is 5.82.